The number of amides is 4. The van der Waals surface area contributed by atoms with Gasteiger partial charge in [-0.1, -0.05) is 10.3 Å². The van der Waals surface area contributed by atoms with Crippen molar-refractivity contribution in [1.29, 1.82) is 0 Å². The van der Waals surface area contributed by atoms with Crippen LogP contribution in [-0.4, -0.2) is 143 Å². The van der Waals surface area contributed by atoms with E-state index in [9.17, 15) is 39.0 Å². The molecule has 4 unspecified atom stereocenters. The Hall–Kier alpha value is -7.03. The number of nitrogen functional groups attached to an aromatic ring is 2. The number of aryl methyl sites for hydroxylation is 2. The number of thioether (sulfide) groups is 2. The number of anilines is 2. The summed E-state index contributed by atoms with van der Waals surface area (Å²) < 4.78 is 38.2. The van der Waals surface area contributed by atoms with Crippen LogP contribution in [0.25, 0.3) is 0 Å². The maximum Gasteiger partial charge on any atom is 0.352 e. The van der Waals surface area contributed by atoms with Gasteiger partial charge in [0.1, 0.15) is 59.8 Å². The summed E-state index contributed by atoms with van der Waals surface area (Å²) in [6.07, 6.45) is 10.0. The van der Waals surface area contributed by atoms with Crippen molar-refractivity contribution in [2.45, 2.75) is 74.4 Å². The van der Waals surface area contributed by atoms with Crippen molar-refractivity contribution in [3.05, 3.63) is 104 Å². The Labute approximate surface area is 443 Å². The average molecular weight is 1130 g/mol. The number of rotatable bonds is 14. The monoisotopic (exact) mass is 1130 g/mol. The molecule has 4 aliphatic heterocycles. The molecule has 4 aromatic heterocycles. The number of pyridine rings is 2. The minimum absolute atomic E-state index is 0.00888. The van der Waals surface area contributed by atoms with Crippen molar-refractivity contribution < 1.29 is 75.3 Å². The first-order valence-electron chi connectivity index (χ1n) is 22.5. The van der Waals surface area contributed by atoms with Crippen molar-refractivity contribution in [2.24, 2.45) is 10.3 Å². The highest BCUT2D eigenvalue weighted by Gasteiger charge is 2.56. The van der Waals surface area contributed by atoms with E-state index in [2.05, 4.69) is 52.2 Å². The Balaban J connectivity index is 0.000000183. The third-order valence-electron chi connectivity index (χ3n) is 12.4. The SMILES string of the molecule is CO/N=C(/C(=O)NC1C(=O)N2C(C(=O)O)=C(C[n+]3cccc4c3CCC4)CSC12)c1csc(N)n1.CO/N=C(/C(=O)NC1C(=O)N2C(C(=O)O)=C(C[n+]3cccc4c3CCC4)CSC12)c1csc(N)n1.O=S(=O)([O-])[O-]. The zero-order valence-corrected chi connectivity index (χ0v) is 43.6. The summed E-state index contributed by atoms with van der Waals surface area (Å²) in [7, 11) is -2.58. The maximum atomic E-state index is 13.0. The predicted octanol–water partition coefficient (Wildman–Crippen LogP) is -0.756. The number of fused-ring (bicyclic) bond motifs is 4. The summed E-state index contributed by atoms with van der Waals surface area (Å²) in [4.78, 5) is 96.5. The van der Waals surface area contributed by atoms with E-state index in [1.54, 1.807) is 10.8 Å². The molecule has 10 rings (SSSR count). The second kappa shape index (κ2) is 22.8. The predicted molar refractivity (Wildman–Crippen MR) is 267 cm³/mol. The number of carbonyl (C=O) groups excluding carboxylic acids is 4. The van der Waals surface area contributed by atoms with Gasteiger partial charge in [0.2, 0.25) is 0 Å². The molecule has 4 aromatic rings. The van der Waals surface area contributed by atoms with Gasteiger partial charge in [-0.05, 0) is 37.8 Å². The Morgan fingerprint density at radius 3 is 1.45 bits per heavy atom. The van der Waals surface area contributed by atoms with Crippen LogP contribution in [0.4, 0.5) is 10.3 Å². The second-order valence-corrected chi connectivity index (χ2v) is 21.8. The zero-order chi connectivity index (χ0) is 53.9. The number of carboxylic acid groups (broad SMARTS) is 2. The lowest BCUT2D eigenvalue weighted by molar-refractivity contribution is -0.696. The molecule has 0 aromatic carbocycles. The highest BCUT2D eigenvalue weighted by molar-refractivity contribution is 8.00. The number of nitrogens with two attached hydrogens (primary N) is 2. The molecule has 26 nitrogen and oxygen atoms in total. The summed E-state index contributed by atoms with van der Waals surface area (Å²) in [5.74, 6) is -3.73. The van der Waals surface area contributed by atoms with E-state index in [4.69, 9.17) is 38.7 Å². The van der Waals surface area contributed by atoms with Gasteiger partial charge in [-0.25, -0.2) is 19.6 Å². The Bertz CT molecular complexity index is 3030. The molecule has 31 heteroatoms. The van der Waals surface area contributed by atoms with Crippen molar-refractivity contribution in [3.8, 4) is 0 Å². The van der Waals surface area contributed by atoms with Gasteiger partial charge >= 0.3 is 11.9 Å². The second-order valence-electron chi connectivity index (χ2n) is 17.0. The third-order valence-corrected chi connectivity index (χ3v) is 16.4. The molecule has 0 bridgehead atoms. The van der Waals surface area contributed by atoms with Gasteiger partial charge in [0.05, 0.1) is 0 Å². The van der Waals surface area contributed by atoms with E-state index >= 15 is 0 Å². The van der Waals surface area contributed by atoms with Crippen molar-refractivity contribution in [2.75, 3.05) is 37.2 Å². The lowest BCUT2D eigenvalue weighted by Gasteiger charge is -2.49. The first kappa shape index (κ1) is 54.2. The molecule has 75 heavy (non-hydrogen) atoms. The molecule has 396 valence electrons. The number of oxime groups is 2. The molecule has 4 amide bonds. The van der Waals surface area contributed by atoms with Crippen LogP contribution in [0.3, 0.4) is 0 Å². The van der Waals surface area contributed by atoms with E-state index in [0.29, 0.717) is 35.7 Å². The quantitative estimate of drug-likeness (QED) is 0.0226. The number of nitrogens with one attached hydrogen (secondary N) is 2. The van der Waals surface area contributed by atoms with Crippen molar-refractivity contribution in [3.63, 3.8) is 0 Å². The summed E-state index contributed by atoms with van der Waals surface area (Å²) >= 11 is 5.13. The van der Waals surface area contributed by atoms with Crippen LogP contribution in [0.2, 0.25) is 0 Å². The van der Waals surface area contributed by atoms with E-state index < -0.39 is 68.8 Å². The van der Waals surface area contributed by atoms with E-state index in [1.807, 2.05) is 24.5 Å². The largest absolute Gasteiger partial charge is 0.759 e. The standard InChI is InChI=1S/2C22H22N6O5S2.H2O4S/c2*1-33-26-15(13-10-35-22(23)24-13)18(29)25-16-19(30)28-17(21(31)32)12(9-34-20(16)28)8-27-7-3-5-11-4-2-6-14(11)27;1-5(2,3)4/h2*3,5,7,10,16,20H,2,4,6,8-9H2,1H3,(H3-,23,24,25,29,31,32);(H2,1,2,3,4)/b2*26-15+;. The van der Waals surface area contributed by atoms with Gasteiger partial charge in [-0.3, -0.25) is 37.4 Å². The maximum absolute atomic E-state index is 13.0. The average Bonchev–Trinajstić information content (AvgIpc) is 4.22. The summed E-state index contributed by atoms with van der Waals surface area (Å²) in [5.41, 5.74) is 17.8. The topological polar surface area (TPSA) is 382 Å². The van der Waals surface area contributed by atoms with Gasteiger partial charge in [-0.15, -0.1) is 46.2 Å². The van der Waals surface area contributed by atoms with E-state index in [1.165, 1.54) is 70.1 Å². The molecule has 6 aliphatic rings. The minimum atomic E-state index is -5.17. The fourth-order valence-electron chi connectivity index (χ4n) is 9.34. The molecule has 2 saturated heterocycles. The summed E-state index contributed by atoms with van der Waals surface area (Å²) in [6.45, 7) is 0.808. The Morgan fingerprint density at radius 2 is 1.12 bits per heavy atom. The molecule has 8 heterocycles. The fraction of sp³-hybridized carbons (Fsp3) is 0.364. The van der Waals surface area contributed by atoms with Gasteiger partial charge in [0, 0.05) is 79.9 Å². The highest BCUT2D eigenvalue weighted by Crippen LogP contribution is 2.42. The molecule has 8 N–H and O–H groups in total. The Kier molecular flexibility index (Phi) is 16.5. The smallest absolute Gasteiger partial charge is 0.352 e. The van der Waals surface area contributed by atoms with Crippen LogP contribution < -0.4 is 31.2 Å². The van der Waals surface area contributed by atoms with Crippen LogP contribution in [0.1, 0.15) is 46.7 Å². The lowest BCUT2D eigenvalue weighted by Crippen LogP contribution is -2.71. The number of hydrogen-bond donors (Lipinski definition) is 6. The zero-order valence-electron chi connectivity index (χ0n) is 39.6. The number of aliphatic carboxylic acids is 2. The third kappa shape index (κ3) is 11.8. The first-order chi connectivity index (χ1) is 35.8. The normalized spacial score (nSPS) is 20.7. The van der Waals surface area contributed by atoms with Crippen molar-refractivity contribution >= 4 is 114 Å². The number of thiazole rings is 2. The summed E-state index contributed by atoms with van der Waals surface area (Å²) in [5, 5.41) is 35.3. The number of nitrogens with zero attached hydrogens (tertiary/aromatic N) is 8. The lowest BCUT2D eigenvalue weighted by atomic mass is 10.0. The number of aromatic nitrogens is 4. The van der Waals surface area contributed by atoms with Crippen LogP contribution in [0, 0.1) is 0 Å². The number of β-lactam (4-membered cyclic amide) rings is 2. The van der Waals surface area contributed by atoms with Gasteiger partial charge in [0.25, 0.3) is 23.6 Å². The van der Waals surface area contributed by atoms with Gasteiger partial charge in [0.15, 0.2) is 58.6 Å². The molecule has 0 saturated carbocycles. The van der Waals surface area contributed by atoms with E-state index in [-0.39, 0.29) is 44.5 Å². The molecular formula is C44H46N12O14S5. The Morgan fingerprint density at radius 1 is 0.733 bits per heavy atom. The molecular weight excluding hydrogens is 1080 g/mol. The van der Waals surface area contributed by atoms with Crippen LogP contribution in [-0.2, 0) is 87.6 Å². The fourth-order valence-corrected chi connectivity index (χ4v) is 13.1. The van der Waals surface area contributed by atoms with Gasteiger partial charge in [-0.2, -0.15) is 9.13 Å². The summed E-state index contributed by atoms with van der Waals surface area (Å²) in [6, 6.07) is 6.36. The molecule has 0 spiro atoms. The van der Waals surface area contributed by atoms with Crippen LogP contribution in [0.5, 0.6) is 0 Å². The molecule has 4 atom stereocenters. The number of hydrogen-bond acceptors (Lipinski definition) is 22. The minimum Gasteiger partial charge on any atom is -0.759 e. The van der Waals surface area contributed by atoms with Crippen LogP contribution in [0.15, 0.2) is 80.3 Å². The van der Waals surface area contributed by atoms with Gasteiger partial charge < -0.3 is 51.1 Å². The highest BCUT2D eigenvalue weighted by atomic mass is 32.3. The molecule has 2 aliphatic carbocycles. The molecule has 2 fully saturated rings. The molecule has 0 radical (unpaired) electrons. The van der Waals surface area contributed by atoms with Crippen molar-refractivity contribution in [1.82, 2.24) is 30.4 Å². The number of carbonyl (C=O) groups is 6. The van der Waals surface area contributed by atoms with Crippen LogP contribution >= 0.6 is 46.2 Å². The van der Waals surface area contributed by atoms with E-state index in [0.717, 1.165) is 61.2 Å². The first-order valence-corrected chi connectivity index (χ1v) is 27.7. The number of carboxylic acids is 2.